The van der Waals surface area contributed by atoms with Crippen molar-refractivity contribution in [1.82, 2.24) is 10.2 Å². The summed E-state index contributed by atoms with van der Waals surface area (Å²) in [5.41, 5.74) is 0. The van der Waals surface area contributed by atoms with E-state index in [1.165, 1.54) is 23.9 Å². The molecule has 0 radical (unpaired) electrons. The largest absolute Gasteiger partial charge is 0.347 e. The summed E-state index contributed by atoms with van der Waals surface area (Å²) in [5, 5.41) is 2.65. The Kier molecular flexibility index (Phi) is 6.04. The highest BCUT2D eigenvalue weighted by atomic mass is 32.2. The minimum atomic E-state index is -0.266. The minimum absolute atomic E-state index is 0.00737. The normalized spacial score (nSPS) is 14.2. The van der Waals surface area contributed by atoms with E-state index in [0.29, 0.717) is 12.2 Å². The maximum Gasteiger partial charge on any atom is 0.241 e. The van der Waals surface area contributed by atoms with E-state index in [4.69, 9.17) is 0 Å². The summed E-state index contributed by atoms with van der Waals surface area (Å²) >= 11 is 1.49. The first-order valence-corrected chi connectivity index (χ1v) is 8.06. The molecule has 114 valence electrons. The van der Waals surface area contributed by atoms with Crippen molar-refractivity contribution in [3.05, 3.63) is 30.1 Å². The van der Waals surface area contributed by atoms with Gasteiger partial charge in [0.05, 0.1) is 6.54 Å². The van der Waals surface area contributed by atoms with E-state index in [-0.39, 0.29) is 24.2 Å². The van der Waals surface area contributed by atoms with Crippen molar-refractivity contribution in [3.8, 4) is 0 Å². The van der Waals surface area contributed by atoms with Crippen molar-refractivity contribution >= 4 is 23.6 Å². The number of amides is 2. The van der Waals surface area contributed by atoms with Crippen molar-refractivity contribution < 1.29 is 14.0 Å². The average Bonchev–Trinajstić information content (AvgIpc) is 3.01. The molecule has 0 aromatic heterocycles. The number of halogens is 1. The number of nitrogens with one attached hydrogen (secondary N) is 1. The first-order chi connectivity index (χ1) is 10.1. The molecule has 1 aliphatic heterocycles. The van der Waals surface area contributed by atoms with Gasteiger partial charge in [0.1, 0.15) is 5.82 Å². The summed E-state index contributed by atoms with van der Waals surface area (Å²) in [6.45, 7) is 1.68. The fourth-order valence-electron chi connectivity index (χ4n) is 2.13. The molecule has 1 aromatic rings. The Balaban J connectivity index is 1.61. The van der Waals surface area contributed by atoms with E-state index in [1.807, 2.05) is 0 Å². The van der Waals surface area contributed by atoms with E-state index >= 15 is 0 Å². The van der Waals surface area contributed by atoms with Crippen LogP contribution in [0.25, 0.3) is 0 Å². The minimum Gasteiger partial charge on any atom is -0.347 e. The highest BCUT2D eigenvalue weighted by Gasteiger charge is 2.17. The molecule has 1 fully saturated rings. The topological polar surface area (TPSA) is 49.4 Å². The molecule has 21 heavy (non-hydrogen) atoms. The third kappa shape index (κ3) is 5.38. The van der Waals surface area contributed by atoms with Gasteiger partial charge < -0.3 is 10.2 Å². The van der Waals surface area contributed by atoms with E-state index in [0.717, 1.165) is 30.8 Å². The van der Waals surface area contributed by atoms with Crippen LogP contribution in [0.3, 0.4) is 0 Å². The SMILES string of the molecule is O=C(CCSc1ccc(F)cc1)NCC(=O)N1CCCC1. The molecule has 2 rings (SSSR count). The van der Waals surface area contributed by atoms with Gasteiger partial charge in [-0.25, -0.2) is 4.39 Å². The highest BCUT2D eigenvalue weighted by Crippen LogP contribution is 2.18. The lowest BCUT2D eigenvalue weighted by atomic mass is 10.4. The second-order valence-electron chi connectivity index (χ2n) is 4.92. The second kappa shape index (κ2) is 8.02. The standard InChI is InChI=1S/C15H19FN2O2S/c16-12-3-5-13(6-4-12)21-10-7-14(19)17-11-15(20)18-8-1-2-9-18/h3-6H,1-2,7-11H2,(H,17,19). The van der Waals surface area contributed by atoms with Crippen LogP contribution in [0.2, 0.25) is 0 Å². The van der Waals surface area contributed by atoms with E-state index < -0.39 is 0 Å². The number of likely N-dealkylation sites (tertiary alicyclic amines) is 1. The molecule has 0 unspecified atom stereocenters. The van der Waals surface area contributed by atoms with Crippen molar-refractivity contribution in [2.45, 2.75) is 24.2 Å². The van der Waals surface area contributed by atoms with Crippen LogP contribution < -0.4 is 5.32 Å². The van der Waals surface area contributed by atoms with Crippen LogP contribution in [0.5, 0.6) is 0 Å². The molecule has 0 atom stereocenters. The summed E-state index contributed by atoms with van der Waals surface area (Å²) in [5.74, 6) is 0.205. The maximum absolute atomic E-state index is 12.7. The van der Waals surface area contributed by atoms with Gasteiger partial charge in [-0.1, -0.05) is 0 Å². The van der Waals surface area contributed by atoms with E-state index in [9.17, 15) is 14.0 Å². The van der Waals surface area contributed by atoms with Crippen LogP contribution in [0, 0.1) is 5.82 Å². The van der Waals surface area contributed by atoms with Crippen LogP contribution in [0.4, 0.5) is 4.39 Å². The molecule has 0 saturated carbocycles. The lowest BCUT2D eigenvalue weighted by molar-refractivity contribution is -0.131. The zero-order chi connectivity index (χ0) is 15.1. The van der Waals surface area contributed by atoms with E-state index in [2.05, 4.69) is 5.32 Å². The van der Waals surface area contributed by atoms with Gasteiger partial charge in [0.15, 0.2) is 0 Å². The third-order valence-corrected chi connectivity index (χ3v) is 4.32. The molecule has 1 aromatic carbocycles. The number of hydrogen-bond acceptors (Lipinski definition) is 3. The zero-order valence-electron chi connectivity index (χ0n) is 11.8. The van der Waals surface area contributed by atoms with Crippen LogP contribution in [0.1, 0.15) is 19.3 Å². The van der Waals surface area contributed by atoms with Gasteiger partial charge in [-0.15, -0.1) is 11.8 Å². The molecule has 1 saturated heterocycles. The number of carbonyl (C=O) groups is 2. The summed E-state index contributed by atoms with van der Waals surface area (Å²) in [4.78, 5) is 26.1. The predicted octanol–water partition coefficient (Wildman–Crippen LogP) is 2.05. The monoisotopic (exact) mass is 310 g/mol. The molecule has 1 N–H and O–H groups in total. The smallest absolute Gasteiger partial charge is 0.241 e. The van der Waals surface area contributed by atoms with E-state index in [1.54, 1.807) is 17.0 Å². The molecule has 0 aliphatic carbocycles. The van der Waals surface area contributed by atoms with Crippen LogP contribution in [-0.2, 0) is 9.59 Å². The number of thioether (sulfide) groups is 1. The summed E-state index contributed by atoms with van der Waals surface area (Å²) < 4.78 is 12.7. The number of nitrogens with zero attached hydrogens (tertiary/aromatic N) is 1. The number of benzene rings is 1. The Labute approximate surface area is 128 Å². The summed E-state index contributed by atoms with van der Waals surface area (Å²) in [6, 6.07) is 6.18. The second-order valence-corrected chi connectivity index (χ2v) is 6.09. The van der Waals surface area contributed by atoms with Crippen LogP contribution in [-0.4, -0.2) is 42.1 Å². The molecular weight excluding hydrogens is 291 g/mol. The first-order valence-electron chi connectivity index (χ1n) is 7.08. The maximum atomic E-state index is 12.7. The van der Waals surface area contributed by atoms with Gasteiger partial charge in [-0.3, -0.25) is 9.59 Å². The molecule has 0 bridgehead atoms. The van der Waals surface area contributed by atoms with Crippen LogP contribution >= 0.6 is 11.8 Å². The Morgan fingerprint density at radius 3 is 2.52 bits per heavy atom. The van der Waals surface area contributed by atoms with Crippen molar-refractivity contribution in [3.63, 3.8) is 0 Å². The predicted molar refractivity (Wildman–Crippen MR) is 80.6 cm³/mol. The van der Waals surface area contributed by atoms with Gasteiger partial charge in [-0.05, 0) is 37.1 Å². The quantitative estimate of drug-likeness (QED) is 0.818. The van der Waals surface area contributed by atoms with Crippen molar-refractivity contribution in [2.24, 2.45) is 0 Å². The third-order valence-electron chi connectivity index (χ3n) is 3.31. The Morgan fingerprint density at radius 2 is 1.86 bits per heavy atom. The number of rotatable bonds is 6. The molecule has 1 heterocycles. The van der Waals surface area contributed by atoms with Gasteiger partial charge in [0.2, 0.25) is 11.8 Å². The lowest BCUT2D eigenvalue weighted by Crippen LogP contribution is -2.38. The van der Waals surface area contributed by atoms with Crippen molar-refractivity contribution in [1.29, 1.82) is 0 Å². The molecule has 2 amide bonds. The number of hydrogen-bond donors (Lipinski definition) is 1. The fraction of sp³-hybridized carbons (Fsp3) is 0.467. The Hall–Kier alpha value is -1.56. The zero-order valence-corrected chi connectivity index (χ0v) is 12.6. The Bertz CT molecular complexity index is 487. The highest BCUT2D eigenvalue weighted by molar-refractivity contribution is 7.99. The molecule has 4 nitrogen and oxygen atoms in total. The van der Waals surface area contributed by atoms with Crippen LogP contribution in [0.15, 0.2) is 29.2 Å². The fourth-order valence-corrected chi connectivity index (χ4v) is 2.99. The summed E-state index contributed by atoms with van der Waals surface area (Å²) in [7, 11) is 0. The summed E-state index contributed by atoms with van der Waals surface area (Å²) in [6.07, 6.45) is 2.44. The molecule has 1 aliphatic rings. The van der Waals surface area contributed by atoms with Gasteiger partial charge in [0, 0.05) is 30.2 Å². The average molecular weight is 310 g/mol. The van der Waals surface area contributed by atoms with Crippen molar-refractivity contribution in [2.75, 3.05) is 25.4 Å². The van der Waals surface area contributed by atoms with Gasteiger partial charge in [-0.2, -0.15) is 0 Å². The lowest BCUT2D eigenvalue weighted by Gasteiger charge is -2.15. The number of carbonyl (C=O) groups excluding carboxylic acids is 2. The molecule has 6 heteroatoms. The first kappa shape index (κ1) is 15.8. The molecular formula is C15H19FN2O2S. The Morgan fingerprint density at radius 1 is 1.19 bits per heavy atom. The van der Waals surface area contributed by atoms with Gasteiger partial charge >= 0.3 is 0 Å². The van der Waals surface area contributed by atoms with Gasteiger partial charge in [0.25, 0.3) is 0 Å². The molecule has 0 spiro atoms.